The van der Waals surface area contributed by atoms with Crippen molar-refractivity contribution in [3.63, 3.8) is 0 Å². The van der Waals surface area contributed by atoms with Crippen molar-refractivity contribution in [1.29, 1.82) is 0 Å². The number of nitrogens with one attached hydrogen (secondary N) is 1. The minimum Gasteiger partial charge on any atom is -0.490 e. The number of carbonyl (C=O) groups is 2. The Morgan fingerprint density at radius 1 is 1.48 bits per heavy atom. The zero-order valence-corrected chi connectivity index (χ0v) is 12.2. The Balaban J connectivity index is 2.11. The lowest BCUT2D eigenvalue weighted by Gasteiger charge is -2.34. The van der Waals surface area contributed by atoms with Gasteiger partial charge in [0.15, 0.2) is 0 Å². The van der Waals surface area contributed by atoms with Crippen molar-refractivity contribution in [2.75, 3.05) is 19.7 Å². The molecule has 0 spiro atoms. The smallest absolute Gasteiger partial charge is 0.254 e. The van der Waals surface area contributed by atoms with Crippen LogP contribution in [0.5, 0.6) is 5.75 Å². The standard InChI is InChI=1S/C16H20N2O3/c1-3-11-21-13-7-5-12(6-8-13)16(20)18-10-9-17-15(19)14(18)4-2/h3,5-8,14H,1,4,9-11H2,2H3,(H,17,19). The molecule has 1 aliphatic heterocycles. The minimum atomic E-state index is -0.386. The van der Waals surface area contributed by atoms with Crippen molar-refractivity contribution >= 4 is 11.8 Å². The van der Waals surface area contributed by atoms with Gasteiger partial charge in [-0.1, -0.05) is 19.6 Å². The molecule has 0 radical (unpaired) electrons. The third kappa shape index (κ3) is 3.42. The monoisotopic (exact) mass is 288 g/mol. The van der Waals surface area contributed by atoms with Crippen LogP contribution in [0.25, 0.3) is 0 Å². The number of hydrogen-bond donors (Lipinski definition) is 1. The highest BCUT2D eigenvalue weighted by Crippen LogP contribution is 2.17. The number of ether oxygens (including phenoxy) is 1. The molecule has 1 aliphatic rings. The van der Waals surface area contributed by atoms with E-state index in [1.54, 1.807) is 35.2 Å². The van der Waals surface area contributed by atoms with Gasteiger partial charge in [-0.3, -0.25) is 9.59 Å². The van der Waals surface area contributed by atoms with Gasteiger partial charge in [0.1, 0.15) is 18.4 Å². The molecule has 2 rings (SSSR count). The minimum absolute atomic E-state index is 0.0805. The maximum Gasteiger partial charge on any atom is 0.254 e. The van der Waals surface area contributed by atoms with Gasteiger partial charge in [0, 0.05) is 18.7 Å². The highest BCUT2D eigenvalue weighted by atomic mass is 16.5. The molecule has 5 nitrogen and oxygen atoms in total. The molecule has 112 valence electrons. The highest BCUT2D eigenvalue weighted by molar-refractivity contribution is 5.98. The van der Waals surface area contributed by atoms with E-state index in [0.29, 0.717) is 37.4 Å². The first-order valence-corrected chi connectivity index (χ1v) is 7.09. The number of carbonyl (C=O) groups excluding carboxylic acids is 2. The summed E-state index contributed by atoms with van der Waals surface area (Å²) in [6.07, 6.45) is 2.27. The number of amides is 2. The molecule has 1 atom stereocenters. The van der Waals surface area contributed by atoms with Gasteiger partial charge in [-0.2, -0.15) is 0 Å². The van der Waals surface area contributed by atoms with Crippen molar-refractivity contribution in [3.05, 3.63) is 42.5 Å². The zero-order chi connectivity index (χ0) is 15.2. The van der Waals surface area contributed by atoms with Crippen LogP contribution in [-0.4, -0.2) is 42.5 Å². The van der Waals surface area contributed by atoms with Gasteiger partial charge < -0.3 is 15.0 Å². The van der Waals surface area contributed by atoms with Crippen molar-refractivity contribution in [3.8, 4) is 5.75 Å². The highest BCUT2D eigenvalue weighted by Gasteiger charge is 2.31. The molecule has 5 heteroatoms. The SMILES string of the molecule is C=CCOc1ccc(C(=O)N2CCNC(=O)C2CC)cc1. The van der Waals surface area contributed by atoms with Crippen molar-refractivity contribution in [2.45, 2.75) is 19.4 Å². The first-order valence-electron chi connectivity index (χ1n) is 7.09. The predicted molar refractivity (Wildman–Crippen MR) is 80.3 cm³/mol. The van der Waals surface area contributed by atoms with Crippen LogP contribution >= 0.6 is 0 Å². The fourth-order valence-corrected chi connectivity index (χ4v) is 2.38. The topological polar surface area (TPSA) is 58.6 Å². The van der Waals surface area contributed by atoms with Crippen LogP contribution in [0.2, 0.25) is 0 Å². The van der Waals surface area contributed by atoms with Gasteiger partial charge in [0.2, 0.25) is 5.91 Å². The second-order valence-electron chi connectivity index (χ2n) is 4.84. The average molecular weight is 288 g/mol. The molecular weight excluding hydrogens is 268 g/mol. The van der Waals surface area contributed by atoms with Crippen molar-refractivity contribution in [2.24, 2.45) is 0 Å². The third-order valence-corrected chi connectivity index (χ3v) is 3.45. The largest absolute Gasteiger partial charge is 0.490 e. The Hall–Kier alpha value is -2.30. The van der Waals surface area contributed by atoms with E-state index >= 15 is 0 Å². The molecule has 2 amide bonds. The number of rotatable bonds is 5. The van der Waals surface area contributed by atoms with Gasteiger partial charge in [0.25, 0.3) is 5.91 Å². The summed E-state index contributed by atoms with van der Waals surface area (Å²) in [5.41, 5.74) is 0.564. The Morgan fingerprint density at radius 2 is 2.19 bits per heavy atom. The van der Waals surface area contributed by atoms with Crippen LogP contribution in [-0.2, 0) is 4.79 Å². The lowest BCUT2D eigenvalue weighted by molar-refractivity contribution is -0.127. The maximum absolute atomic E-state index is 12.5. The second kappa shape index (κ2) is 6.92. The first kappa shape index (κ1) is 15.1. The summed E-state index contributed by atoms with van der Waals surface area (Å²) in [7, 11) is 0. The molecule has 1 aromatic rings. The van der Waals surface area contributed by atoms with E-state index in [9.17, 15) is 9.59 Å². The van der Waals surface area contributed by atoms with Gasteiger partial charge in [-0.05, 0) is 30.7 Å². The first-order chi connectivity index (χ1) is 10.2. The Labute approximate surface area is 124 Å². The lowest BCUT2D eigenvalue weighted by Crippen LogP contribution is -2.56. The Kier molecular flexibility index (Phi) is 4.98. The van der Waals surface area contributed by atoms with Crippen LogP contribution < -0.4 is 10.1 Å². The second-order valence-corrected chi connectivity index (χ2v) is 4.84. The zero-order valence-electron chi connectivity index (χ0n) is 12.2. The van der Waals surface area contributed by atoms with Crippen LogP contribution in [0.3, 0.4) is 0 Å². The van der Waals surface area contributed by atoms with Crippen LogP contribution in [0.1, 0.15) is 23.7 Å². The summed E-state index contributed by atoms with van der Waals surface area (Å²) in [6.45, 7) is 6.96. The van der Waals surface area contributed by atoms with E-state index in [4.69, 9.17) is 4.74 Å². The molecule has 21 heavy (non-hydrogen) atoms. The summed E-state index contributed by atoms with van der Waals surface area (Å²) < 4.78 is 5.39. The van der Waals surface area contributed by atoms with Gasteiger partial charge in [0.05, 0.1) is 0 Å². The molecule has 1 aromatic carbocycles. The molecule has 1 N–H and O–H groups in total. The lowest BCUT2D eigenvalue weighted by atomic mass is 10.1. The van der Waals surface area contributed by atoms with Crippen LogP contribution in [0.15, 0.2) is 36.9 Å². The fraction of sp³-hybridized carbons (Fsp3) is 0.375. The van der Waals surface area contributed by atoms with Crippen LogP contribution in [0, 0.1) is 0 Å². The number of benzene rings is 1. The number of nitrogens with zero attached hydrogens (tertiary/aromatic N) is 1. The van der Waals surface area contributed by atoms with E-state index in [0.717, 1.165) is 0 Å². The van der Waals surface area contributed by atoms with E-state index < -0.39 is 0 Å². The molecule has 1 heterocycles. The van der Waals surface area contributed by atoms with E-state index in [-0.39, 0.29) is 17.9 Å². The fourth-order valence-electron chi connectivity index (χ4n) is 2.38. The van der Waals surface area contributed by atoms with Crippen molar-refractivity contribution in [1.82, 2.24) is 10.2 Å². The predicted octanol–water partition coefficient (Wildman–Crippen LogP) is 1.60. The normalized spacial score (nSPS) is 18.0. The number of hydrogen-bond acceptors (Lipinski definition) is 3. The molecule has 1 fully saturated rings. The van der Waals surface area contributed by atoms with E-state index in [1.807, 2.05) is 6.92 Å². The summed E-state index contributed by atoms with van der Waals surface area (Å²) in [4.78, 5) is 26.0. The van der Waals surface area contributed by atoms with Gasteiger partial charge >= 0.3 is 0 Å². The molecular formula is C16H20N2O3. The van der Waals surface area contributed by atoms with Gasteiger partial charge in [-0.15, -0.1) is 0 Å². The number of piperazine rings is 1. The Morgan fingerprint density at radius 3 is 2.81 bits per heavy atom. The maximum atomic E-state index is 12.5. The van der Waals surface area contributed by atoms with Crippen LogP contribution in [0.4, 0.5) is 0 Å². The molecule has 1 saturated heterocycles. The average Bonchev–Trinajstić information content (AvgIpc) is 2.52. The van der Waals surface area contributed by atoms with Crippen molar-refractivity contribution < 1.29 is 14.3 Å². The quantitative estimate of drug-likeness (QED) is 0.837. The van der Waals surface area contributed by atoms with E-state index in [2.05, 4.69) is 11.9 Å². The summed E-state index contributed by atoms with van der Waals surface area (Å²) in [5, 5.41) is 2.79. The summed E-state index contributed by atoms with van der Waals surface area (Å²) in [6, 6.07) is 6.56. The molecule has 1 unspecified atom stereocenters. The molecule has 0 bridgehead atoms. The molecule has 0 aromatic heterocycles. The molecule has 0 aliphatic carbocycles. The Bertz CT molecular complexity index is 525. The molecule has 0 saturated carbocycles. The third-order valence-electron chi connectivity index (χ3n) is 3.45. The van der Waals surface area contributed by atoms with E-state index in [1.165, 1.54) is 0 Å². The summed E-state index contributed by atoms with van der Waals surface area (Å²) in [5.74, 6) is 0.491. The summed E-state index contributed by atoms with van der Waals surface area (Å²) >= 11 is 0. The van der Waals surface area contributed by atoms with Gasteiger partial charge in [-0.25, -0.2) is 0 Å².